The zero-order chi connectivity index (χ0) is 25.3. The van der Waals surface area contributed by atoms with Gasteiger partial charge in [0, 0.05) is 22.4 Å². The summed E-state index contributed by atoms with van der Waals surface area (Å²) in [5.74, 6) is 1.93. The molecule has 1 aliphatic heterocycles. The lowest BCUT2D eigenvalue weighted by Crippen LogP contribution is -2.30. The Balaban J connectivity index is 1.36. The van der Waals surface area contributed by atoms with Gasteiger partial charge in [0.2, 0.25) is 0 Å². The average molecular weight is 520 g/mol. The minimum absolute atomic E-state index is 0.117. The van der Waals surface area contributed by atoms with Gasteiger partial charge < -0.3 is 15.4 Å². The molecule has 0 bridgehead atoms. The summed E-state index contributed by atoms with van der Waals surface area (Å²) in [5, 5.41) is 13.8. The van der Waals surface area contributed by atoms with E-state index in [-0.39, 0.29) is 17.9 Å². The van der Waals surface area contributed by atoms with Crippen molar-refractivity contribution in [1.82, 2.24) is 25.3 Å². The molecule has 0 aliphatic carbocycles. The van der Waals surface area contributed by atoms with Gasteiger partial charge in [-0.25, -0.2) is 15.0 Å². The summed E-state index contributed by atoms with van der Waals surface area (Å²) in [7, 11) is 0. The number of nitrogens with one attached hydrogen (secondary N) is 2. The van der Waals surface area contributed by atoms with Crippen molar-refractivity contribution < 1.29 is 9.90 Å². The van der Waals surface area contributed by atoms with Gasteiger partial charge in [-0.1, -0.05) is 51.1 Å². The van der Waals surface area contributed by atoms with Gasteiger partial charge in [0.25, 0.3) is 5.91 Å². The molecule has 9 heteroatoms. The number of carbonyl (C=O) groups excluding carboxylic acids is 1. The quantitative estimate of drug-likeness (QED) is 0.317. The Labute approximate surface area is 218 Å². The minimum Gasteiger partial charge on any atom is -0.394 e. The highest BCUT2D eigenvalue weighted by atomic mass is 32.2. The third-order valence-electron chi connectivity index (χ3n) is 6.17. The second-order valence-corrected chi connectivity index (χ2v) is 12.0. The summed E-state index contributed by atoms with van der Waals surface area (Å²) in [6.45, 7) is 5.99. The highest BCUT2D eigenvalue weighted by Crippen LogP contribution is 2.32. The first-order chi connectivity index (χ1) is 17.3. The number of aliphatic hydroxyl groups excluding tert-OH is 1. The van der Waals surface area contributed by atoms with Crippen molar-refractivity contribution in [2.75, 3.05) is 18.1 Å². The third-order valence-corrected chi connectivity index (χ3v) is 8.49. The first kappa shape index (κ1) is 24.7. The minimum atomic E-state index is -0.523. The first-order valence-electron chi connectivity index (χ1n) is 11.9. The van der Waals surface area contributed by atoms with E-state index in [9.17, 15) is 9.90 Å². The first-order valence-corrected chi connectivity index (χ1v) is 13.9. The van der Waals surface area contributed by atoms with Crippen LogP contribution in [0.3, 0.4) is 0 Å². The lowest BCUT2D eigenvalue weighted by Gasteiger charge is -2.17. The number of aromatic nitrogens is 4. The Morgan fingerprint density at radius 3 is 2.67 bits per heavy atom. The number of benzene rings is 1. The van der Waals surface area contributed by atoms with E-state index in [2.05, 4.69) is 58.2 Å². The van der Waals surface area contributed by atoms with E-state index < -0.39 is 6.04 Å². The van der Waals surface area contributed by atoms with Crippen LogP contribution in [0.4, 0.5) is 0 Å². The number of hydrogen-bond acceptors (Lipinski definition) is 7. The number of fused-ring (bicyclic) bond motifs is 1. The Bertz CT molecular complexity index is 1420. The molecule has 1 unspecified atom stereocenters. The number of H-pyrrole nitrogens is 1. The van der Waals surface area contributed by atoms with Crippen LogP contribution in [0.2, 0.25) is 0 Å². The lowest BCUT2D eigenvalue weighted by molar-refractivity contribution is 0.0920. The SMILES string of the molecule is CC(C)(C)c1ncc(C(=O)NC(CO)c2ccc(-c3ncnc4cc(C5=CCSCC5)[nH]c34)cc2)s1. The molecule has 36 heavy (non-hydrogen) atoms. The number of aromatic amines is 1. The Kier molecular flexibility index (Phi) is 6.96. The molecule has 1 aromatic carbocycles. The van der Waals surface area contributed by atoms with E-state index in [1.807, 2.05) is 36.0 Å². The number of thiazole rings is 1. The van der Waals surface area contributed by atoms with E-state index in [0.717, 1.165) is 56.5 Å². The highest BCUT2D eigenvalue weighted by molar-refractivity contribution is 7.99. The van der Waals surface area contributed by atoms with E-state index in [0.29, 0.717) is 4.88 Å². The molecule has 1 aliphatic rings. The predicted octanol–water partition coefficient (Wildman–Crippen LogP) is 5.36. The van der Waals surface area contributed by atoms with E-state index in [1.165, 1.54) is 16.9 Å². The van der Waals surface area contributed by atoms with Crippen molar-refractivity contribution in [3.8, 4) is 11.3 Å². The van der Waals surface area contributed by atoms with Gasteiger partial charge in [0.15, 0.2) is 0 Å². The van der Waals surface area contributed by atoms with E-state index in [1.54, 1.807) is 12.5 Å². The van der Waals surface area contributed by atoms with Gasteiger partial charge >= 0.3 is 0 Å². The molecule has 1 amide bonds. The van der Waals surface area contributed by atoms with Crippen molar-refractivity contribution in [3.63, 3.8) is 0 Å². The molecule has 0 saturated carbocycles. The number of rotatable bonds is 6. The number of nitrogens with zero attached hydrogens (tertiary/aromatic N) is 3. The molecule has 0 radical (unpaired) electrons. The van der Waals surface area contributed by atoms with Crippen LogP contribution >= 0.6 is 23.1 Å². The molecule has 3 aromatic heterocycles. The van der Waals surface area contributed by atoms with Crippen molar-refractivity contribution >= 4 is 45.6 Å². The van der Waals surface area contributed by atoms with Gasteiger partial charge in [0.05, 0.1) is 40.6 Å². The Morgan fingerprint density at radius 2 is 2.00 bits per heavy atom. The molecule has 0 saturated heterocycles. The molecule has 5 rings (SSSR count). The largest absolute Gasteiger partial charge is 0.394 e. The second kappa shape index (κ2) is 10.2. The summed E-state index contributed by atoms with van der Waals surface area (Å²) in [6.07, 6.45) is 6.51. The van der Waals surface area contributed by atoms with E-state index in [4.69, 9.17) is 0 Å². The zero-order valence-electron chi connectivity index (χ0n) is 20.5. The van der Waals surface area contributed by atoms with Crippen LogP contribution in [0.5, 0.6) is 0 Å². The van der Waals surface area contributed by atoms with Gasteiger partial charge in [-0.3, -0.25) is 4.79 Å². The second-order valence-electron chi connectivity index (χ2n) is 9.83. The maximum atomic E-state index is 12.8. The van der Waals surface area contributed by atoms with Gasteiger partial charge in [-0.05, 0) is 29.4 Å². The van der Waals surface area contributed by atoms with Crippen LogP contribution in [0.1, 0.15) is 59.2 Å². The van der Waals surface area contributed by atoms with Gasteiger partial charge in [0.1, 0.15) is 11.2 Å². The summed E-state index contributed by atoms with van der Waals surface area (Å²) >= 11 is 3.33. The fourth-order valence-corrected chi connectivity index (χ4v) is 5.89. The smallest absolute Gasteiger partial charge is 0.263 e. The maximum absolute atomic E-state index is 12.8. The standard InChI is InChI=1S/C27H29N5O2S2/c1-27(2,3)26-28-13-22(36-26)25(34)32-21(14-33)16-4-6-18(7-5-16)23-24-20(29-15-30-23)12-19(31-24)17-8-10-35-11-9-17/h4-8,12-13,15,21,31,33H,9-11,14H2,1-3H3,(H,32,34). The van der Waals surface area contributed by atoms with Crippen molar-refractivity contribution in [1.29, 1.82) is 0 Å². The predicted molar refractivity (Wildman–Crippen MR) is 147 cm³/mol. The normalized spacial score (nSPS) is 15.1. The molecule has 0 spiro atoms. The van der Waals surface area contributed by atoms with Crippen LogP contribution < -0.4 is 5.32 Å². The molecular formula is C27H29N5O2S2. The van der Waals surface area contributed by atoms with Crippen molar-refractivity contribution in [3.05, 3.63) is 70.1 Å². The Hall–Kier alpha value is -3.01. The number of aliphatic hydroxyl groups is 1. The summed E-state index contributed by atoms with van der Waals surface area (Å²) < 4.78 is 0. The van der Waals surface area contributed by atoms with Gasteiger partial charge in [-0.15, -0.1) is 11.3 Å². The summed E-state index contributed by atoms with van der Waals surface area (Å²) in [5.41, 5.74) is 6.69. The number of amides is 1. The monoisotopic (exact) mass is 519 g/mol. The van der Waals surface area contributed by atoms with Crippen LogP contribution in [-0.2, 0) is 5.41 Å². The average Bonchev–Trinajstić information content (AvgIpc) is 3.56. The number of carbonyl (C=O) groups is 1. The fraction of sp³-hybridized carbons (Fsp3) is 0.333. The van der Waals surface area contributed by atoms with Gasteiger partial charge in [-0.2, -0.15) is 11.8 Å². The third kappa shape index (κ3) is 5.09. The van der Waals surface area contributed by atoms with Crippen molar-refractivity contribution in [2.24, 2.45) is 0 Å². The molecule has 0 fully saturated rings. The molecule has 4 aromatic rings. The molecule has 1 atom stereocenters. The van der Waals surface area contributed by atoms with Crippen LogP contribution in [0, 0.1) is 0 Å². The maximum Gasteiger partial charge on any atom is 0.263 e. The zero-order valence-corrected chi connectivity index (χ0v) is 22.2. The highest BCUT2D eigenvalue weighted by Gasteiger charge is 2.22. The van der Waals surface area contributed by atoms with Crippen LogP contribution in [-0.4, -0.2) is 49.1 Å². The van der Waals surface area contributed by atoms with Crippen LogP contribution in [0.25, 0.3) is 27.9 Å². The van der Waals surface area contributed by atoms with Crippen LogP contribution in [0.15, 0.2) is 48.9 Å². The molecule has 4 heterocycles. The van der Waals surface area contributed by atoms with Crippen molar-refractivity contribution in [2.45, 2.75) is 38.6 Å². The molecule has 7 nitrogen and oxygen atoms in total. The summed E-state index contributed by atoms with van der Waals surface area (Å²) in [4.78, 5) is 30.3. The molecular weight excluding hydrogens is 490 g/mol. The molecule has 186 valence electrons. The van der Waals surface area contributed by atoms with E-state index >= 15 is 0 Å². The lowest BCUT2D eigenvalue weighted by atomic mass is 9.98. The number of allylic oxidation sites excluding steroid dienone is 1. The molecule has 3 N–H and O–H groups in total. The summed E-state index contributed by atoms with van der Waals surface area (Å²) in [6, 6.07) is 9.34. The fourth-order valence-electron chi connectivity index (χ4n) is 4.17. The topological polar surface area (TPSA) is 104 Å². The number of thioether (sulfide) groups is 1. The Morgan fingerprint density at radius 1 is 1.19 bits per heavy atom. The number of hydrogen-bond donors (Lipinski definition) is 3.